The van der Waals surface area contributed by atoms with E-state index in [2.05, 4.69) is 43.6 Å². The Bertz CT molecular complexity index is 643. The average molecular weight is 418 g/mol. The Morgan fingerprint density at radius 2 is 2.00 bits per heavy atom. The van der Waals surface area contributed by atoms with E-state index in [1.807, 2.05) is 6.20 Å². The van der Waals surface area contributed by atoms with E-state index in [1.54, 1.807) is 0 Å². The first-order valence-corrected chi connectivity index (χ1v) is 10.4. The maximum atomic E-state index is 4.80. The zero-order valence-corrected chi connectivity index (χ0v) is 17.6. The predicted octanol–water partition coefficient (Wildman–Crippen LogP) is 4.15. The summed E-state index contributed by atoms with van der Waals surface area (Å²) in [7, 11) is 0. The predicted molar refractivity (Wildman–Crippen MR) is 114 cm³/mol. The van der Waals surface area contributed by atoms with Crippen LogP contribution in [0.25, 0.3) is 11.5 Å². The quantitative estimate of drug-likeness (QED) is 0.793. The van der Waals surface area contributed by atoms with Crippen molar-refractivity contribution < 1.29 is 0 Å². The number of thioether (sulfide) groups is 1. The molecule has 0 amide bonds. The fourth-order valence-corrected chi connectivity index (χ4v) is 5.05. The Morgan fingerprint density at radius 1 is 1.15 bits per heavy atom. The summed E-state index contributed by atoms with van der Waals surface area (Å²) in [5, 5.41) is 9.13. The molecule has 1 aliphatic heterocycles. The second kappa shape index (κ2) is 10.6. The van der Waals surface area contributed by atoms with Crippen LogP contribution in [0, 0.1) is 0 Å². The maximum Gasteiger partial charge on any atom is 0.160 e. The van der Waals surface area contributed by atoms with E-state index in [0.29, 0.717) is 0 Å². The van der Waals surface area contributed by atoms with E-state index < -0.39 is 0 Å². The lowest BCUT2D eigenvalue weighted by atomic mass is 10.0. The van der Waals surface area contributed by atoms with Gasteiger partial charge in [0.25, 0.3) is 0 Å². The van der Waals surface area contributed by atoms with Gasteiger partial charge in [-0.25, -0.2) is 4.98 Å². The molecule has 4 rings (SSSR count). The van der Waals surface area contributed by atoms with Gasteiger partial charge in [-0.15, -0.1) is 24.8 Å². The van der Waals surface area contributed by atoms with E-state index in [4.69, 9.17) is 5.10 Å². The highest BCUT2D eigenvalue weighted by Gasteiger charge is 2.16. The Labute approximate surface area is 172 Å². The molecule has 0 spiro atoms. The molecule has 5 nitrogen and oxygen atoms in total. The van der Waals surface area contributed by atoms with Crippen LogP contribution in [0.5, 0.6) is 0 Å². The van der Waals surface area contributed by atoms with Crippen LogP contribution >= 0.6 is 36.6 Å². The van der Waals surface area contributed by atoms with E-state index >= 15 is 0 Å². The largest absolute Gasteiger partial charge is 0.329 e. The third-order valence-corrected chi connectivity index (χ3v) is 6.44. The van der Waals surface area contributed by atoms with Crippen molar-refractivity contribution in [3.8, 4) is 11.5 Å². The van der Waals surface area contributed by atoms with Crippen LogP contribution in [0.1, 0.15) is 44.2 Å². The molecule has 1 saturated carbocycles. The SMILES string of the molecule is Cl.Cl.c1cn(CCSC2CCCCC2)c(-c2cc3n(n2)CCCNC3)n1. The highest BCUT2D eigenvalue weighted by molar-refractivity contribution is 7.99. The molecule has 2 aromatic heterocycles. The topological polar surface area (TPSA) is 47.7 Å². The highest BCUT2D eigenvalue weighted by Crippen LogP contribution is 2.28. The molecule has 0 bridgehead atoms. The highest BCUT2D eigenvalue weighted by atomic mass is 35.5. The molecule has 1 aliphatic carbocycles. The molecule has 3 heterocycles. The molecule has 0 aromatic carbocycles. The van der Waals surface area contributed by atoms with Crippen LogP contribution in [0.4, 0.5) is 0 Å². The van der Waals surface area contributed by atoms with Crippen LogP contribution in [0.15, 0.2) is 18.5 Å². The minimum atomic E-state index is 0. The van der Waals surface area contributed by atoms with E-state index in [1.165, 1.54) is 43.6 Å². The number of fused-ring (bicyclic) bond motifs is 1. The van der Waals surface area contributed by atoms with Gasteiger partial charge in [0, 0.05) is 43.0 Å². The van der Waals surface area contributed by atoms with Crippen molar-refractivity contribution in [2.24, 2.45) is 0 Å². The number of rotatable bonds is 5. The molecule has 146 valence electrons. The Kier molecular flexibility index (Phi) is 8.80. The monoisotopic (exact) mass is 417 g/mol. The van der Waals surface area contributed by atoms with Gasteiger partial charge in [-0.3, -0.25) is 4.68 Å². The van der Waals surface area contributed by atoms with Crippen LogP contribution < -0.4 is 5.32 Å². The molecule has 0 saturated heterocycles. The number of hydrogen-bond acceptors (Lipinski definition) is 4. The number of aryl methyl sites for hydroxylation is 2. The van der Waals surface area contributed by atoms with Crippen molar-refractivity contribution in [2.45, 2.75) is 63.4 Å². The summed E-state index contributed by atoms with van der Waals surface area (Å²) in [5.74, 6) is 2.18. The molecule has 0 atom stereocenters. The number of nitrogens with one attached hydrogen (secondary N) is 1. The number of hydrogen-bond donors (Lipinski definition) is 1. The van der Waals surface area contributed by atoms with Gasteiger partial charge in [0.2, 0.25) is 0 Å². The zero-order chi connectivity index (χ0) is 16.2. The van der Waals surface area contributed by atoms with Gasteiger partial charge >= 0.3 is 0 Å². The van der Waals surface area contributed by atoms with Crippen LogP contribution in [0.2, 0.25) is 0 Å². The fourth-order valence-electron chi connectivity index (χ4n) is 3.74. The smallest absolute Gasteiger partial charge is 0.160 e. The fraction of sp³-hybridized carbons (Fsp3) is 0.667. The Morgan fingerprint density at radius 3 is 2.85 bits per heavy atom. The summed E-state index contributed by atoms with van der Waals surface area (Å²) >= 11 is 2.15. The Balaban J connectivity index is 0.00000121. The van der Waals surface area contributed by atoms with Crippen molar-refractivity contribution in [3.63, 3.8) is 0 Å². The van der Waals surface area contributed by atoms with Gasteiger partial charge < -0.3 is 9.88 Å². The summed E-state index contributed by atoms with van der Waals surface area (Å²) in [4.78, 5) is 4.58. The minimum Gasteiger partial charge on any atom is -0.329 e. The Hall–Kier alpha value is -0.690. The normalized spacial score (nSPS) is 17.7. The second-order valence-electron chi connectivity index (χ2n) is 6.85. The molecule has 1 N–H and O–H groups in total. The third kappa shape index (κ3) is 5.18. The van der Waals surface area contributed by atoms with Crippen molar-refractivity contribution in [1.82, 2.24) is 24.6 Å². The maximum absolute atomic E-state index is 4.80. The zero-order valence-electron chi connectivity index (χ0n) is 15.1. The van der Waals surface area contributed by atoms with Crippen LogP contribution in [-0.2, 0) is 19.6 Å². The second-order valence-corrected chi connectivity index (χ2v) is 8.26. The molecule has 8 heteroatoms. The summed E-state index contributed by atoms with van der Waals surface area (Å²) in [6.07, 6.45) is 12.2. The van der Waals surface area contributed by atoms with Crippen LogP contribution in [-0.4, -0.2) is 36.9 Å². The van der Waals surface area contributed by atoms with Gasteiger partial charge in [0.15, 0.2) is 5.82 Å². The summed E-state index contributed by atoms with van der Waals surface area (Å²) in [6, 6.07) is 2.20. The van der Waals surface area contributed by atoms with E-state index in [-0.39, 0.29) is 24.8 Å². The lowest BCUT2D eigenvalue weighted by Crippen LogP contribution is -2.12. The van der Waals surface area contributed by atoms with Gasteiger partial charge in [0.05, 0.1) is 5.69 Å². The first kappa shape index (κ1) is 21.6. The summed E-state index contributed by atoms with van der Waals surface area (Å²) in [6.45, 7) is 4.01. The minimum absolute atomic E-state index is 0. The molecule has 1 fully saturated rings. The average Bonchev–Trinajstić information content (AvgIpc) is 3.17. The van der Waals surface area contributed by atoms with Crippen molar-refractivity contribution in [1.29, 1.82) is 0 Å². The molecule has 26 heavy (non-hydrogen) atoms. The summed E-state index contributed by atoms with van der Waals surface area (Å²) < 4.78 is 4.41. The first-order chi connectivity index (χ1) is 11.9. The first-order valence-electron chi connectivity index (χ1n) is 9.31. The standard InChI is InChI=1S/C18H27N5S.2ClH/c1-2-5-16(6-3-1)24-12-11-22-10-8-20-18(22)17-13-15-14-19-7-4-9-23(15)21-17;;/h8,10,13,16,19H,1-7,9,11-12,14H2;2*1H. The molecular weight excluding hydrogens is 389 g/mol. The van der Waals surface area contributed by atoms with E-state index in [9.17, 15) is 0 Å². The number of nitrogens with zero attached hydrogens (tertiary/aromatic N) is 4. The van der Waals surface area contributed by atoms with E-state index in [0.717, 1.165) is 49.4 Å². The molecular formula is C18H29Cl2N5S. The van der Waals surface area contributed by atoms with Gasteiger partial charge in [-0.2, -0.15) is 16.9 Å². The summed E-state index contributed by atoms with van der Waals surface area (Å²) in [5.41, 5.74) is 2.29. The van der Waals surface area contributed by atoms with Crippen molar-refractivity contribution in [2.75, 3.05) is 12.3 Å². The number of halogens is 2. The third-order valence-electron chi connectivity index (χ3n) is 5.08. The number of imidazole rings is 1. The molecule has 2 aliphatic rings. The van der Waals surface area contributed by atoms with Gasteiger partial charge in [0.1, 0.15) is 5.69 Å². The lowest BCUT2D eigenvalue weighted by Gasteiger charge is -2.21. The van der Waals surface area contributed by atoms with Crippen LogP contribution in [0.3, 0.4) is 0 Å². The molecule has 2 aromatic rings. The van der Waals surface area contributed by atoms with Gasteiger partial charge in [-0.05, 0) is 31.9 Å². The van der Waals surface area contributed by atoms with Crippen molar-refractivity contribution >= 4 is 36.6 Å². The molecule has 0 unspecified atom stereocenters. The van der Waals surface area contributed by atoms with Crippen molar-refractivity contribution in [3.05, 3.63) is 24.2 Å². The number of aromatic nitrogens is 4. The van der Waals surface area contributed by atoms with Gasteiger partial charge in [-0.1, -0.05) is 19.3 Å². The lowest BCUT2D eigenvalue weighted by molar-refractivity contribution is 0.515. The molecule has 0 radical (unpaired) electrons.